The molecule has 0 aliphatic heterocycles. The van der Waals surface area contributed by atoms with Crippen LogP contribution in [0.25, 0.3) is 0 Å². The van der Waals surface area contributed by atoms with Crippen molar-refractivity contribution < 1.29 is 9.13 Å². The maximum Gasteiger partial charge on any atom is 0.168 e. The van der Waals surface area contributed by atoms with Crippen LogP contribution in [0, 0.1) is 12.7 Å². The zero-order valence-corrected chi connectivity index (χ0v) is 12.9. The van der Waals surface area contributed by atoms with Crippen LogP contribution in [0.5, 0.6) is 11.5 Å². The van der Waals surface area contributed by atoms with E-state index in [0.717, 1.165) is 15.4 Å². The smallest absolute Gasteiger partial charge is 0.168 e. The summed E-state index contributed by atoms with van der Waals surface area (Å²) in [6, 6.07) is 10.8. The van der Waals surface area contributed by atoms with Crippen molar-refractivity contribution in [1.82, 2.24) is 0 Å². The van der Waals surface area contributed by atoms with Gasteiger partial charge >= 0.3 is 0 Å². The molecule has 0 atom stereocenters. The number of aryl methyl sites for hydroxylation is 1. The van der Waals surface area contributed by atoms with Gasteiger partial charge in [-0.25, -0.2) is 4.39 Å². The van der Waals surface area contributed by atoms with Gasteiger partial charge in [0.15, 0.2) is 11.6 Å². The van der Waals surface area contributed by atoms with Gasteiger partial charge < -0.3 is 4.74 Å². The second kappa shape index (κ2) is 5.85. The minimum atomic E-state index is -0.325. The SMILES string of the molecule is Cc1cccc(Oc2ccc(CBr)cc2Br)c1F. The zero-order chi connectivity index (χ0) is 13.1. The third-order valence-electron chi connectivity index (χ3n) is 2.53. The molecule has 2 aromatic carbocycles. The van der Waals surface area contributed by atoms with E-state index in [-0.39, 0.29) is 11.6 Å². The van der Waals surface area contributed by atoms with E-state index in [1.807, 2.05) is 18.2 Å². The molecule has 94 valence electrons. The van der Waals surface area contributed by atoms with Gasteiger partial charge in [-0.05, 0) is 52.2 Å². The zero-order valence-electron chi connectivity index (χ0n) is 9.71. The van der Waals surface area contributed by atoms with Crippen LogP contribution in [-0.4, -0.2) is 0 Å². The Morgan fingerprint density at radius 3 is 2.61 bits per heavy atom. The molecule has 1 nitrogen and oxygen atoms in total. The van der Waals surface area contributed by atoms with Crippen LogP contribution in [0.3, 0.4) is 0 Å². The lowest BCUT2D eigenvalue weighted by molar-refractivity contribution is 0.438. The molecule has 0 unspecified atom stereocenters. The molecule has 0 saturated carbocycles. The Balaban J connectivity index is 2.31. The lowest BCUT2D eigenvalue weighted by Gasteiger charge is -2.10. The molecule has 0 N–H and O–H groups in total. The maximum atomic E-state index is 13.8. The van der Waals surface area contributed by atoms with Gasteiger partial charge in [-0.1, -0.05) is 34.1 Å². The van der Waals surface area contributed by atoms with Crippen molar-refractivity contribution in [3.8, 4) is 11.5 Å². The van der Waals surface area contributed by atoms with Crippen molar-refractivity contribution in [2.45, 2.75) is 12.3 Å². The topological polar surface area (TPSA) is 9.23 Å². The first kappa shape index (κ1) is 13.6. The van der Waals surface area contributed by atoms with E-state index in [4.69, 9.17) is 4.74 Å². The number of rotatable bonds is 3. The maximum absolute atomic E-state index is 13.8. The van der Waals surface area contributed by atoms with E-state index < -0.39 is 0 Å². The summed E-state index contributed by atoms with van der Waals surface area (Å²) < 4.78 is 20.2. The van der Waals surface area contributed by atoms with Crippen molar-refractivity contribution in [2.75, 3.05) is 0 Å². The molecule has 0 heterocycles. The highest BCUT2D eigenvalue weighted by Gasteiger charge is 2.09. The molecule has 0 saturated heterocycles. The van der Waals surface area contributed by atoms with E-state index in [2.05, 4.69) is 31.9 Å². The van der Waals surface area contributed by atoms with Crippen molar-refractivity contribution in [3.63, 3.8) is 0 Å². The second-order valence-electron chi connectivity index (χ2n) is 3.89. The number of hydrogen-bond donors (Lipinski definition) is 0. The van der Waals surface area contributed by atoms with Crippen molar-refractivity contribution >= 4 is 31.9 Å². The fourth-order valence-electron chi connectivity index (χ4n) is 1.53. The average Bonchev–Trinajstić information content (AvgIpc) is 2.37. The summed E-state index contributed by atoms with van der Waals surface area (Å²) in [5.41, 5.74) is 1.69. The molecule has 0 spiro atoms. The van der Waals surface area contributed by atoms with Gasteiger partial charge in [-0.15, -0.1) is 0 Å². The van der Waals surface area contributed by atoms with Gasteiger partial charge in [0.2, 0.25) is 0 Å². The van der Waals surface area contributed by atoms with Crippen molar-refractivity contribution in [3.05, 3.63) is 57.8 Å². The van der Waals surface area contributed by atoms with Crippen LogP contribution in [-0.2, 0) is 5.33 Å². The fourth-order valence-corrected chi connectivity index (χ4v) is 2.38. The largest absolute Gasteiger partial charge is 0.453 e. The Morgan fingerprint density at radius 2 is 1.94 bits per heavy atom. The van der Waals surface area contributed by atoms with E-state index in [1.165, 1.54) is 0 Å². The lowest BCUT2D eigenvalue weighted by atomic mass is 10.2. The van der Waals surface area contributed by atoms with E-state index in [0.29, 0.717) is 11.3 Å². The summed E-state index contributed by atoms with van der Waals surface area (Å²) in [6.07, 6.45) is 0. The molecule has 0 amide bonds. The highest BCUT2D eigenvalue weighted by molar-refractivity contribution is 9.10. The van der Waals surface area contributed by atoms with Crippen LogP contribution in [0.2, 0.25) is 0 Å². The Hall–Kier alpha value is -0.870. The molecule has 0 aliphatic rings. The Labute approximate surface area is 122 Å². The Bertz CT molecular complexity index is 570. The van der Waals surface area contributed by atoms with Crippen LogP contribution >= 0.6 is 31.9 Å². The van der Waals surface area contributed by atoms with Gasteiger partial charge in [-0.2, -0.15) is 0 Å². The molecular weight excluding hydrogens is 363 g/mol. The summed E-state index contributed by atoms with van der Waals surface area (Å²) in [7, 11) is 0. The predicted molar refractivity (Wildman–Crippen MR) is 78.0 cm³/mol. The molecule has 18 heavy (non-hydrogen) atoms. The highest BCUT2D eigenvalue weighted by atomic mass is 79.9. The van der Waals surface area contributed by atoms with E-state index >= 15 is 0 Å². The van der Waals surface area contributed by atoms with Crippen LogP contribution in [0.4, 0.5) is 4.39 Å². The molecule has 0 fully saturated rings. The number of hydrogen-bond acceptors (Lipinski definition) is 1. The van der Waals surface area contributed by atoms with Gasteiger partial charge in [0.05, 0.1) is 4.47 Å². The van der Waals surface area contributed by atoms with Gasteiger partial charge in [0, 0.05) is 5.33 Å². The first-order chi connectivity index (χ1) is 8.61. The van der Waals surface area contributed by atoms with E-state index in [9.17, 15) is 4.39 Å². The predicted octanol–water partition coefficient (Wildman–Crippen LogP) is 5.58. The van der Waals surface area contributed by atoms with Gasteiger partial charge in [0.1, 0.15) is 5.75 Å². The molecule has 0 aliphatic carbocycles. The molecule has 0 bridgehead atoms. The number of halogens is 3. The van der Waals surface area contributed by atoms with Crippen molar-refractivity contribution in [1.29, 1.82) is 0 Å². The number of alkyl halides is 1. The van der Waals surface area contributed by atoms with Crippen LogP contribution < -0.4 is 4.74 Å². The quantitative estimate of drug-likeness (QED) is 0.637. The van der Waals surface area contributed by atoms with Gasteiger partial charge in [-0.3, -0.25) is 0 Å². The minimum Gasteiger partial charge on any atom is -0.453 e. The van der Waals surface area contributed by atoms with Crippen molar-refractivity contribution in [2.24, 2.45) is 0 Å². The molecule has 2 aromatic rings. The average molecular weight is 374 g/mol. The molecule has 0 aromatic heterocycles. The van der Waals surface area contributed by atoms with Crippen LogP contribution in [0.1, 0.15) is 11.1 Å². The molecule has 2 rings (SSSR count). The first-order valence-corrected chi connectivity index (χ1v) is 7.30. The molecule has 4 heteroatoms. The Kier molecular flexibility index (Phi) is 4.40. The summed E-state index contributed by atoms with van der Waals surface area (Å²) in [4.78, 5) is 0. The number of ether oxygens (including phenoxy) is 1. The fraction of sp³-hybridized carbons (Fsp3) is 0.143. The highest BCUT2D eigenvalue weighted by Crippen LogP contribution is 2.32. The monoisotopic (exact) mass is 372 g/mol. The third kappa shape index (κ3) is 2.93. The summed E-state index contributed by atoms with van der Waals surface area (Å²) >= 11 is 6.80. The molecule has 0 radical (unpaired) electrons. The second-order valence-corrected chi connectivity index (χ2v) is 5.30. The summed E-state index contributed by atoms with van der Waals surface area (Å²) in [5, 5.41) is 0.769. The van der Waals surface area contributed by atoms with E-state index in [1.54, 1.807) is 25.1 Å². The number of benzene rings is 2. The minimum absolute atomic E-state index is 0.238. The lowest BCUT2D eigenvalue weighted by Crippen LogP contribution is -1.92. The summed E-state index contributed by atoms with van der Waals surface area (Å²) in [5.74, 6) is 0.514. The third-order valence-corrected chi connectivity index (χ3v) is 3.79. The van der Waals surface area contributed by atoms with Gasteiger partial charge in [0.25, 0.3) is 0 Å². The molecular formula is C14H11Br2FO. The van der Waals surface area contributed by atoms with Crippen LogP contribution in [0.15, 0.2) is 40.9 Å². The Morgan fingerprint density at radius 1 is 1.17 bits per heavy atom. The standard InChI is InChI=1S/C14H11Br2FO/c1-9-3-2-4-13(14(9)17)18-12-6-5-10(8-15)7-11(12)16/h2-7H,8H2,1H3. The normalized spacial score (nSPS) is 10.4. The first-order valence-electron chi connectivity index (χ1n) is 5.39. The summed E-state index contributed by atoms with van der Waals surface area (Å²) in [6.45, 7) is 1.71.